The van der Waals surface area contributed by atoms with E-state index >= 15 is 0 Å². The molecule has 6 nitrogen and oxygen atoms in total. The quantitative estimate of drug-likeness (QED) is 0.138. The lowest BCUT2D eigenvalue weighted by molar-refractivity contribution is -0.123. The number of hydrogen-bond donors (Lipinski definition) is 1. The van der Waals surface area contributed by atoms with Crippen LogP contribution in [0.3, 0.4) is 0 Å². The maximum Gasteiger partial charge on any atom is 0.329 e. The van der Waals surface area contributed by atoms with Crippen molar-refractivity contribution in [1.82, 2.24) is 10.2 Å². The van der Waals surface area contributed by atoms with Gasteiger partial charge in [-0.15, -0.1) is 6.58 Å². The van der Waals surface area contributed by atoms with Gasteiger partial charge in [-0.1, -0.05) is 66.7 Å². The second-order valence-electron chi connectivity index (χ2n) is 9.33. The monoisotopic (exact) mass is 536 g/mol. The van der Waals surface area contributed by atoms with E-state index in [9.17, 15) is 14.0 Å². The number of carbonyl (C=O) groups is 2. The van der Waals surface area contributed by atoms with Crippen molar-refractivity contribution in [1.29, 1.82) is 0 Å². The van der Waals surface area contributed by atoms with Crippen molar-refractivity contribution in [2.75, 3.05) is 6.61 Å². The summed E-state index contributed by atoms with van der Waals surface area (Å²) < 4.78 is 26.4. The third-order valence-corrected chi connectivity index (χ3v) is 6.63. The number of imide groups is 1. The highest BCUT2D eigenvalue weighted by Gasteiger charge is 2.34. The molecule has 1 aliphatic heterocycles. The SMILES string of the molecule is C=CCc1cc(/C=C2/NC(=O)N(Cc3ccccc3F)C2=O)cc(OCC)c1OCc1cccc2ccccc12. The van der Waals surface area contributed by atoms with Gasteiger partial charge in [-0.2, -0.15) is 0 Å². The van der Waals surface area contributed by atoms with Crippen LogP contribution in [0.1, 0.15) is 29.2 Å². The van der Waals surface area contributed by atoms with Crippen LogP contribution in [0, 0.1) is 5.82 Å². The zero-order valence-electron chi connectivity index (χ0n) is 22.2. The number of urea groups is 1. The van der Waals surface area contributed by atoms with Crippen LogP contribution in [0.25, 0.3) is 16.8 Å². The van der Waals surface area contributed by atoms with E-state index in [-0.39, 0.29) is 17.8 Å². The van der Waals surface area contributed by atoms with Crippen LogP contribution in [-0.2, 0) is 24.4 Å². The Balaban J connectivity index is 1.44. The van der Waals surface area contributed by atoms with E-state index in [1.165, 1.54) is 6.07 Å². The second-order valence-corrected chi connectivity index (χ2v) is 9.33. The fourth-order valence-electron chi connectivity index (χ4n) is 4.75. The number of ether oxygens (including phenoxy) is 2. The Morgan fingerprint density at radius 3 is 2.48 bits per heavy atom. The van der Waals surface area contributed by atoms with Gasteiger partial charge >= 0.3 is 6.03 Å². The first-order valence-electron chi connectivity index (χ1n) is 13.1. The van der Waals surface area contributed by atoms with Crippen molar-refractivity contribution in [3.8, 4) is 11.5 Å². The molecule has 0 unspecified atom stereocenters. The summed E-state index contributed by atoms with van der Waals surface area (Å²) in [6, 6.07) is 23.4. The Morgan fingerprint density at radius 1 is 0.925 bits per heavy atom. The van der Waals surface area contributed by atoms with Crippen LogP contribution in [0.2, 0.25) is 0 Å². The third kappa shape index (κ3) is 5.59. The van der Waals surface area contributed by atoms with Crippen molar-refractivity contribution in [2.24, 2.45) is 0 Å². The van der Waals surface area contributed by atoms with Gasteiger partial charge in [-0.05, 0) is 59.5 Å². The number of nitrogens with zero attached hydrogens (tertiary/aromatic N) is 1. The highest BCUT2D eigenvalue weighted by molar-refractivity contribution is 6.13. The van der Waals surface area contributed by atoms with Crippen molar-refractivity contribution in [3.05, 3.63) is 125 Å². The molecule has 4 aromatic carbocycles. The zero-order valence-corrected chi connectivity index (χ0v) is 22.2. The molecule has 1 aliphatic rings. The molecule has 0 radical (unpaired) electrons. The standard InChI is InChI=1S/C33H29FN2O4/c1-3-10-24-17-22(18-29-32(37)36(33(38)35-29)20-25-12-6-8-16-28(25)34)19-30(39-4-2)31(24)40-21-26-14-9-13-23-11-5-7-15-27(23)26/h3,5-9,11-19H,1,4,10,20-21H2,2H3,(H,35,38)/b29-18+. The number of fused-ring (bicyclic) bond motifs is 1. The van der Waals surface area contributed by atoms with Gasteiger partial charge in [0.25, 0.3) is 5.91 Å². The molecule has 1 fully saturated rings. The Bertz CT molecular complexity index is 1620. The average Bonchev–Trinajstić information content (AvgIpc) is 3.21. The summed E-state index contributed by atoms with van der Waals surface area (Å²) in [4.78, 5) is 26.6. The number of halogens is 1. The fraction of sp³-hybridized carbons (Fsp3) is 0.152. The van der Waals surface area contributed by atoms with Crippen LogP contribution < -0.4 is 14.8 Å². The Hall–Kier alpha value is -4.91. The summed E-state index contributed by atoms with van der Waals surface area (Å²) in [6.45, 7) is 6.35. The number of carbonyl (C=O) groups excluding carboxylic acids is 2. The largest absolute Gasteiger partial charge is 0.490 e. The van der Waals surface area contributed by atoms with Gasteiger partial charge in [0.2, 0.25) is 0 Å². The van der Waals surface area contributed by atoms with E-state index < -0.39 is 17.8 Å². The third-order valence-electron chi connectivity index (χ3n) is 6.63. The molecular formula is C33H29FN2O4. The lowest BCUT2D eigenvalue weighted by Gasteiger charge is -2.17. The Labute approximate surface area is 232 Å². The number of amides is 3. The topological polar surface area (TPSA) is 67.9 Å². The van der Waals surface area contributed by atoms with E-state index in [1.807, 2.05) is 37.3 Å². The molecule has 0 spiro atoms. The highest BCUT2D eigenvalue weighted by Crippen LogP contribution is 2.36. The summed E-state index contributed by atoms with van der Waals surface area (Å²) in [7, 11) is 0. The van der Waals surface area contributed by atoms with Crippen LogP contribution >= 0.6 is 0 Å². The Morgan fingerprint density at radius 2 is 1.68 bits per heavy atom. The minimum Gasteiger partial charge on any atom is -0.490 e. The molecule has 0 saturated carbocycles. The van der Waals surface area contributed by atoms with Crippen LogP contribution in [-0.4, -0.2) is 23.4 Å². The summed E-state index contributed by atoms with van der Waals surface area (Å²) >= 11 is 0. The molecule has 1 heterocycles. The Kier molecular flexibility index (Phi) is 7.92. The molecule has 3 amide bonds. The van der Waals surface area contributed by atoms with Gasteiger partial charge in [0.1, 0.15) is 18.1 Å². The number of allylic oxidation sites excluding steroid dienone is 1. The molecule has 5 rings (SSSR count). The molecule has 7 heteroatoms. The van der Waals surface area contributed by atoms with Crippen LogP contribution in [0.15, 0.2) is 97.2 Å². The highest BCUT2D eigenvalue weighted by atomic mass is 19.1. The molecule has 4 aromatic rings. The predicted octanol–water partition coefficient (Wildman–Crippen LogP) is 6.78. The van der Waals surface area contributed by atoms with E-state index in [2.05, 4.69) is 30.1 Å². The lowest BCUT2D eigenvalue weighted by Crippen LogP contribution is -2.30. The first-order chi connectivity index (χ1) is 19.5. The molecule has 1 N–H and O–H groups in total. The van der Waals surface area contributed by atoms with Crippen LogP contribution in [0.4, 0.5) is 9.18 Å². The summed E-state index contributed by atoms with van der Waals surface area (Å²) in [5.41, 5.74) is 2.87. The van der Waals surface area contributed by atoms with Crippen molar-refractivity contribution < 1.29 is 23.5 Å². The minimum absolute atomic E-state index is 0.0952. The van der Waals surface area contributed by atoms with Gasteiger partial charge < -0.3 is 14.8 Å². The number of benzene rings is 4. The van der Waals surface area contributed by atoms with E-state index in [1.54, 1.807) is 36.4 Å². The average molecular weight is 537 g/mol. The molecule has 0 aliphatic carbocycles. The van der Waals surface area contributed by atoms with Gasteiger partial charge in [-0.3, -0.25) is 9.69 Å². The van der Waals surface area contributed by atoms with Gasteiger partial charge in [0.15, 0.2) is 11.5 Å². The molecule has 40 heavy (non-hydrogen) atoms. The number of hydrogen-bond acceptors (Lipinski definition) is 4. The fourth-order valence-corrected chi connectivity index (χ4v) is 4.75. The first kappa shape index (κ1) is 26.7. The van der Waals surface area contributed by atoms with E-state index in [4.69, 9.17) is 9.47 Å². The number of rotatable bonds is 10. The second kappa shape index (κ2) is 11.9. The normalized spacial score (nSPS) is 14.1. The lowest BCUT2D eigenvalue weighted by atomic mass is 10.0. The van der Waals surface area contributed by atoms with Crippen molar-refractivity contribution in [3.63, 3.8) is 0 Å². The summed E-state index contributed by atoms with van der Waals surface area (Å²) in [6.07, 6.45) is 3.86. The number of nitrogens with one attached hydrogen (secondary N) is 1. The summed E-state index contributed by atoms with van der Waals surface area (Å²) in [5.74, 6) is 0.108. The zero-order chi connectivity index (χ0) is 28.1. The van der Waals surface area contributed by atoms with Crippen LogP contribution in [0.5, 0.6) is 11.5 Å². The van der Waals surface area contributed by atoms with Crippen molar-refractivity contribution >= 4 is 28.8 Å². The van der Waals surface area contributed by atoms with E-state index in [0.717, 1.165) is 26.8 Å². The molecule has 202 valence electrons. The van der Waals surface area contributed by atoms with Gasteiger partial charge in [0, 0.05) is 11.1 Å². The van der Waals surface area contributed by atoms with Gasteiger partial charge in [-0.25, -0.2) is 9.18 Å². The molecule has 0 atom stereocenters. The first-order valence-corrected chi connectivity index (χ1v) is 13.1. The predicted molar refractivity (Wildman–Crippen MR) is 153 cm³/mol. The molecule has 1 saturated heterocycles. The maximum absolute atomic E-state index is 14.1. The molecule has 0 aromatic heterocycles. The minimum atomic E-state index is -0.606. The molecular weight excluding hydrogens is 507 g/mol. The summed E-state index contributed by atoms with van der Waals surface area (Å²) in [5, 5.41) is 4.86. The maximum atomic E-state index is 14.1. The molecule has 0 bridgehead atoms. The van der Waals surface area contributed by atoms with Crippen molar-refractivity contribution in [2.45, 2.75) is 26.5 Å². The smallest absolute Gasteiger partial charge is 0.329 e. The van der Waals surface area contributed by atoms with Gasteiger partial charge in [0.05, 0.1) is 13.2 Å². The van der Waals surface area contributed by atoms with E-state index in [0.29, 0.717) is 36.7 Å².